The van der Waals surface area contributed by atoms with Crippen molar-refractivity contribution in [3.63, 3.8) is 0 Å². The molecule has 0 aromatic rings. The van der Waals surface area contributed by atoms with Crippen LogP contribution in [0, 0.1) is 11.8 Å². The number of carboxylic acid groups (broad SMARTS) is 1. The Kier molecular flexibility index (Phi) is 34.3. The summed E-state index contributed by atoms with van der Waals surface area (Å²) in [6, 6.07) is 0. The van der Waals surface area contributed by atoms with Gasteiger partial charge in [-0.15, -0.1) is 0 Å². The summed E-state index contributed by atoms with van der Waals surface area (Å²) in [5.74, 6) is 0.709. The Morgan fingerprint density at radius 1 is 0.500 bits per heavy atom. The largest absolute Gasteiger partial charge is 0.544 e. The van der Waals surface area contributed by atoms with Crippen LogP contribution < -0.4 is 5.11 Å². The molecule has 0 radical (unpaired) electrons. The first kappa shape index (κ1) is 47.4. The Labute approximate surface area is 301 Å². The van der Waals surface area contributed by atoms with Crippen LogP contribution in [-0.4, -0.2) is 63.6 Å². The molecule has 5 nitrogen and oxygen atoms in total. The van der Waals surface area contributed by atoms with Crippen molar-refractivity contribution in [2.75, 3.05) is 47.0 Å². The van der Waals surface area contributed by atoms with E-state index >= 15 is 0 Å². The molecular weight excluding hydrogens is 594 g/mol. The van der Waals surface area contributed by atoms with Crippen molar-refractivity contribution in [1.82, 2.24) is 0 Å². The molecule has 0 aromatic heterocycles. The van der Waals surface area contributed by atoms with Crippen molar-refractivity contribution in [1.29, 1.82) is 0 Å². The van der Waals surface area contributed by atoms with Gasteiger partial charge in [0.25, 0.3) is 0 Å². The maximum atomic E-state index is 11.3. The molecule has 1 unspecified atom stereocenters. The quantitative estimate of drug-likeness (QED) is 0.0478. The molecule has 0 rings (SSSR count). The molecule has 0 aliphatic carbocycles. The molecule has 0 fully saturated rings. The van der Waals surface area contributed by atoms with E-state index in [1.807, 2.05) is 14.1 Å². The average molecular weight is 682 g/mol. The van der Waals surface area contributed by atoms with E-state index in [2.05, 4.69) is 27.7 Å². The fourth-order valence-electron chi connectivity index (χ4n) is 6.88. The number of hydrogen-bond donors (Lipinski definition) is 0. The second-order valence-corrected chi connectivity index (χ2v) is 16.8. The second kappa shape index (κ2) is 34.8. The van der Waals surface area contributed by atoms with E-state index in [1.54, 1.807) is 0 Å². The number of quaternary nitrogens is 1. The molecule has 288 valence electrons. The highest BCUT2D eigenvalue weighted by Gasteiger charge is 2.23. The van der Waals surface area contributed by atoms with Gasteiger partial charge in [-0.25, -0.2) is 0 Å². The third-order valence-electron chi connectivity index (χ3n) is 9.91. The second-order valence-electron chi connectivity index (χ2n) is 16.8. The predicted molar refractivity (Wildman–Crippen MR) is 206 cm³/mol. The molecule has 0 spiro atoms. The van der Waals surface area contributed by atoms with Crippen molar-refractivity contribution >= 4 is 5.97 Å². The van der Waals surface area contributed by atoms with Crippen LogP contribution in [0.1, 0.15) is 207 Å². The number of likely N-dealkylation sites (N-methyl/N-ethyl adjacent to an activating group) is 1. The summed E-state index contributed by atoms with van der Waals surface area (Å²) >= 11 is 0. The van der Waals surface area contributed by atoms with Crippen LogP contribution in [-0.2, 0) is 14.3 Å². The SMILES string of the molecule is CC(C)CCCCCCCCCCCCCCCOCC(C[N+](C)(C)CC(=O)[O-])OCCCCCCCCCCCCCCCC(C)C. The number of unbranched alkanes of at least 4 members (excludes halogenated alkanes) is 24. The number of carbonyl (C=O) groups excluding carboxylic acids is 1. The van der Waals surface area contributed by atoms with Gasteiger partial charge in [-0.2, -0.15) is 0 Å². The van der Waals surface area contributed by atoms with Crippen LogP contribution in [0.2, 0.25) is 0 Å². The van der Waals surface area contributed by atoms with Crippen LogP contribution in [0.4, 0.5) is 0 Å². The fourth-order valence-corrected chi connectivity index (χ4v) is 6.88. The Bertz CT molecular complexity index is 665. The highest BCUT2D eigenvalue weighted by Crippen LogP contribution is 2.16. The number of aliphatic carboxylic acids is 1. The lowest BCUT2D eigenvalue weighted by Crippen LogP contribution is -2.53. The number of rotatable bonds is 39. The van der Waals surface area contributed by atoms with Crippen molar-refractivity contribution in [2.24, 2.45) is 11.8 Å². The molecule has 0 aliphatic rings. The molecule has 0 aliphatic heterocycles. The minimum absolute atomic E-state index is 0.00337. The number of nitrogens with zero attached hydrogens (tertiary/aromatic N) is 1. The van der Waals surface area contributed by atoms with E-state index in [9.17, 15) is 9.90 Å². The van der Waals surface area contributed by atoms with Crippen molar-refractivity contribution in [3.8, 4) is 0 Å². The zero-order valence-corrected chi connectivity index (χ0v) is 33.6. The molecule has 0 heterocycles. The van der Waals surface area contributed by atoms with Gasteiger partial charge in [-0.05, 0) is 24.7 Å². The van der Waals surface area contributed by atoms with E-state index < -0.39 is 5.97 Å². The maximum Gasteiger partial charge on any atom is 0.130 e. The van der Waals surface area contributed by atoms with Crippen LogP contribution in [0.25, 0.3) is 0 Å². The Balaban J connectivity index is 3.83. The molecule has 0 aromatic carbocycles. The number of carboxylic acids is 1. The van der Waals surface area contributed by atoms with E-state index in [0.29, 0.717) is 17.6 Å². The molecule has 0 amide bonds. The standard InChI is InChI=1S/C43H87NO4/c1-40(2)33-29-25-21-17-13-9-7-11-15-19-23-27-31-35-47-39-42(37-44(5,6)38-43(45)46)48-36-32-28-24-20-16-12-8-10-14-18-22-26-30-34-41(3)4/h40-42H,7-39H2,1-6H3. The summed E-state index contributed by atoms with van der Waals surface area (Å²) in [7, 11) is 3.88. The zero-order chi connectivity index (χ0) is 35.6. The van der Waals surface area contributed by atoms with Crippen molar-refractivity contribution in [3.05, 3.63) is 0 Å². The van der Waals surface area contributed by atoms with Gasteiger partial charge < -0.3 is 23.9 Å². The summed E-state index contributed by atoms with van der Waals surface area (Å²) in [6.07, 6.45) is 37.9. The summed E-state index contributed by atoms with van der Waals surface area (Å²) in [4.78, 5) is 11.3. The lowest BCUT2D eigenvalue weighted by atomic mass is 10.0. The van der Waals surface area contributed by atoms with Crippen LogP contribution >= 0.6 is 0 Å². The number of hydrogen-bond acceptors (Lipinski definition) is 4. The first-order valence-corrected chi connectivity index (χ1v) is 21.3. The minimum Gasteiger partial charge on any atom is -0.544 e. The van der Waals surface area contributed by atoms with E-state index in [4.69, 9.17) is 9.47 Å². The van der Waals surface area contributed by atoms with E-state index in [1.165, 1.54) is 167 Å². The van der Waals surface area contributed by atoms with Crippen molar-refractivity contribution < 1.29 is 23.9 Å². The van der Waals surface area contributed by atoms with Gasteiger partial charge in [0, 0.05) is 13.2 Å². The van der Waals surface area contributed by atoms with Gasteiger partial charge in [0.2, 0.25) is 0 Å². The maximum absolute atomic E-state index is 11.3. The highest BCUT2D eigenvalue weighted by atomic mass is 16.5. The first-order chi connectivity index (χ1) is 23.1. The molecule has 5 heteroatoms. The van der Waals surface area contributed by atoms with Crippen molar-refractivity contribution in [2.45, 2.75) is 214 Å². The van der Waals surface area contributed by atoms with Crippen LogP contribution in [0.3, 0.4) is 0 Å². The molecular formula is C43H87NO4. The van der Waals surface area contributed by atoms with Gasteiger partial charge in [-0.3, -0.25) is 0 Å². The molecule has 48 heavy (non-hydrogen) atoms. The van der Waals surface area contributed by atoms with Gasteiger partial charge >= 0.3 is 0 Å². The number of carbonyl (C=O) groups is 1. The lowest BCUT2D eigenvalue weighted by molar-refractivity contribution is -0.888. The monoisotopic (exact) mass is 682 g/mol. The van der Waals surface area contributed by atoms with Crippen LogP contribution in [0.5, 0.6) is 0 Å². The molecule has 0 saturated heterocycles. The third-order valence-corrected chi connectivity index (χ3v) is 9.91. The average Bonchev–Trinajstić information content (AvgIpc) is 3.01. The summed E-state index contributed by atoms with van der Waals surface area (Å²) in [5, 5.41) is 11.3. The van der Waals surface area contributed by atoms with E-state index in [0.717, 1.165) is 37.9 Å². The fraction of sp³-hybridized carbons (Fsp3) is 0.977. The molecule has 0 saturated carbocycles. The minimum atomic E-state index is -1.01. The Hall–Kier alpha value is -0.650. The predicted octanol–water partition coefficient (Wildman–Crippen LogP) is 11.4. The normalized spacial score (nSPS) is 12.8. The number of ether oxygens (including phenoxy) is 2. The van der Waals surface area contributed by atoms with Gasteiger partial charge in [0.15, 0.2) is 0 Å². The summed E-state index contributed by atoms with van der Waals surface area (Å²) < 4.78 is 12.7. The lowest BCUT2D eigenvalue weighted by Gasteiger charge is -2.33. The summed E-state index contributed by atoms with van der Waals surface area (Å²) in [5.41, 5.74) is 0. The third kappa shape index (κ3) is 38.2. The molecule has 0 N–H and O–H groups in total. The smallest absolute Gasteiger partial charge is 0.130 e. The molecule has 1 atom stereocenters. The van der Waals surface area contributed by atoms with Gasteiger partial charge in [0.05, 0.1) is 26.7 Å². The first-order valence-electron chi connectivity index (χ1n) is 21.3. The van der Waals surface area contributed by atoms with Crippen LogP contribution in [0.15, 0.2) is 0 Å². The Morgan fingerprint density at radius 2 is 0.812 bits per heavy atom. The molecule has 0 bridgehead atoms. The Morgan fingerprint density at radius 3 is 1.15 bits per heavy atom. The van der Waals surface area contributed by atoms with Gasteiger partial charge in [-0.1, -0.05) is 195 Å². The highest BCUT2D eigenvalue weighted by molar-refractivity contribution is 5.65. The van der Waals surface area contributed by atoms with Gasteiger partial charge in [0.1, 0.15) is 19.2 Å². The summed E-state index contributed by atoms with van der Waals surface area (Å²) in [6.45, 7) is 12.0. The topological polar surface area (TPSA) is 58.6 Å². The van der Waals surface area contributed by atoms with E-state index in [-0.39, 0.29) is 12.6 Å². The zero-order valence-electron chi connectivity index (χ0n) is 33.6.